The van der Waals surface area contributed by atoms with E-state index < -0.39 is 0 Å². The van der Waals surface area contributed by atoms with E-state index in [9.17, 15) is 0 Å². The molecule has 2 aromatic carbocycles. The fourth-order valence-corrected chi connectivity index (χ4v) is 4.88. The van der Waals surface area contributed by atoms with Crippen molar-refractivity contribution < 1.29 is 27.3 Å². The predicted molar refractivity (Wildman–Crippen MR) is 140 cm³/mol. The third kappa shape index (κ3) is 9.36. The fourth-order valence-electron chi connectivity index (χ4n) is 4.88. The Morgan fingerprint density at radius 3 is 1.03 bits per heavy atom. The molecule has 2 rings (SSSR count). The summed E-state index contributed by atoms with van der Waals surface area (Å²) in [5.41, 5.74) is 15.0. The minimum absolute atomic E-state index is 0. The first kappa shape index (κ1) is 32.1. The van der Waals surface area contributed by atoms with Crippen LogP contribution in [0.15, 0.2) is 0 Å². The van der Waals surface area contributed by atoms with Crippen LogP contribution >= 0.6 is 0 Å². The Bertz CT molecular complexity index is 691. The van der Waals surface area contributed by atoms with E-state index in [1.807, 2.05) is 0 Å². The van der Waals surface area contributed by atoms with E-state index in [1.165, 1.54) is 83.0 Å². The van der Waals surface area contributed by atoms with Gasteiger partial charge < -0.3 is 10.2 Å². The zero-order chi connectivity index (χ0) is 24.3. The zero-order valence-electron chi connectivity index (χ0n) is 22.7. The topological polar surface area (TPSA) is 40.5 Å². The second-order valence-corrected chi connectivity index (χ2v) is 9.73. The first-order chi connectivity index (χ1) is 15.2. The van der Waals surface area contributed by atoms with Crippen LogP contribution in [0.25, 0.3) is 0 Å². The summed E-state index contributed by atoms with van der Waals surface area (Å²) in [5, 5.41) is 17.4. The Morgan fingerprint density at radius 2 is 0.788 bits per heavy atom. The van der Waals surface area contributed by atoms with Crippen LogP contribution in [0.3, 0.4) is 0 Å². The van der Waals surface area contributed by atoms with Crippen molar-refractivity contribution in [2.24, 2.45) is 0 Å². The minimum atomic E-state index is 0. The molecule has 0 aliphatic rings. The molecule has 0 unspecified atom stereocenters. The molecule has 2 aromatic rings. The molecule has 0 aromatic heterocycles. The third-order valence-electron chi connectivity index (χ3n) is 7.86. The van der Waals surface area contributed by atoms with Crippen LogP contribution in [0.2, 0.25) is 0 Å². The van der Waals surface area contributed by atoms with E-state index in [4.69, 9.17) is 10.2 Å². The summed E-state index contributed by atoms with van der Waals surface area (Å²) in [6.45, 7) is 18.6. The molecule has 0 heterocycles. The van der Waals surface area contributed by atoms with Crippen molar-refractivity contribution in [2.45, 2.75) is 120 Å². The normalized spacial score (nSPS) is 10.7. The van der Waals surface area contributed by atoms with Crippen LogP contribution in [0.5, 0.6) is 0 Å². The van der Waals surface area contributed by atoms with E-state index in [-0.39, 0.29) is 17.1 Å². The first-order valence-corrected chi connectivity index (χ1v) is 12.8. The van der Waals surface area contributed by atoms with Gasteiger partial charge in [-0.05, 0) is 12.8 Å². The van der Waals surface area contributed by atoms with Gasteiger partial charge in [0.15, 0.2) is 0 Å². The van der Waals surface area contributed by atoms with Crippen LogP contribution in [0.4, 0.5) is 0 Å². The quantitative estimate of drug-likeness (QED) is 0.181. The Labute approximate surface area is 215 Å². The summed E-state index contributed by atoms with van der Waals surface area (Å²) in [5.74, 6) is 0. The van der Waals surface area contributed by atoms with Crippen LogP contribution < -0.4 is 0 Å². The van der Waals surface area contributed by atoms with Crippen molar-refractivity contribution in [2.75, 3.05) is 13.2 Å². The second kappa shape index (κ2) is 16.7. The Morgan fingerprint density at radius 1 is 0.485 bits per heavy atom. The van der Waals surface area contributed by atoms with Crippen molar-refractivity contribution in [1.82, 2.24) is 0 Å². The third-order valence-corrected chi connectivity index (χ3v) is 7.86. The Balaban J connectivity index is 0.000000602. The van der Waals surface area contributed by atoms with Crippen LogP contribution in [-0.2, 0) is 29.9 Å². The molecule has 0 saturated carbocycles. The van der Waals surface area contributed by atoms with Gasteiger partial charge in [-0.3, -0.25) is 0 Å². The molecule has 0 fully saturated rings. The number of hydrogen-bond donors (Lipinski definition) is 2. The van der Waals surface area contributed by atoms with Gasteiger partial charge in [0.2, 0.25) is 0 Å². The Hall–Kier alpha value is -0.861. The maximum atomic E-state index is 8.71. The summed E-state index contributed by atoms with van der Waals surface area (Å²) in [4.78, 5) is 0. The molecule has 0 amide bonds. The Kier molecular flexibility index (Phi) is 16.3. The van der Waals surface area contributed by atoms with Crippen molar-refractivity contribution in [3.63, 3.8) is 0 Å². The van der Waals surface area contributed by atoms with Crippen molar-refractivity contribution >= 4 is 0 Å². The van der Waals surface area contributed by atoms with Gasteiger partial charge in [-0.2, -0.15) is 55.6 Å². The molecule has 2 nitrogen and oxygen atoms in total. The van der Waals surface area contributed by atoms with Crippen LogP contribution in [0, 0.1) is 55.4 Å². The van der Waals surface area contributed by atoms with Gasteiger partial charge in [-0.1, -0.05) is 107 Å². The standard InChI is InChI=1S/2C15H25O.Fe/c2*1-11-12(2)14(4)15(13(11)3)9-7-5-6-8-10-16;/h2*16H,5-10H2,1-4H3;/q2*-1;+2. The number of hydrogen-bond acceptors (Lipinski definition) is 2. The van der Waals surface area contributed by atoms with E-state index in [1.54, 1.807) is 11.1 Å². The van der Waals surface area contributed by atoms with E-state index >= 15 is 0 Å². The number of rotatable bonds is 12. The molecule has 3 heteroatoms. The summed E-state index contributed by atoms with van der Waals surface area (Å²) in [7, 11) is 0. The van der Waals surface area contributed by atoms with Crippen molar-refractivity contribution in [1.29, 1.82) is 0 Å². The molecule has 0 spiro atoms. The molecule has 0 bridgehead atoms. The molecule has 33 heavy (non-hydrogen) atoms. The van der Waals surface area contributed by atoms with Crippen molar-refractivity contribution in [3.8, 4) is 0 Å². The van der Waals surface area contributed by atoms with Gasteiger partial charge in [0.25, 0.3) is 0 Å². The minimum Gasteiger partial charge on any atom is -0.396 e. The zero-order valence-corrected chi connectivity index (χ0v) is 23.8. The molecule has 0 saturated heterocycles. The van der Waals surface area contributed by atoms with Gasteiger partial charge >= 0.3 is 17.1 Å². The summed E-state index contributed by atoms with van der Waals surface area (Å²) in [6.07, 6.45) is 11.6. The number of aliphatic hydroxyl groups excluding tert-OH is 2. The van der Waals surface area contributed by atoms with Gasteiger partial charge in [-0.15, -0.1) is 0 Å². The van der Waals surface area contributed by atoms with Crippen molar-refractivity contribution in [3.05, 3.63) is 55.6 Å². The predicted octanol–water partition coefficient (Wildman–Crippen LogP) is 7.47. The molecular formula is C30H50FeO2. The second-order valence-electron chi connectivity index (χ2n) is 9.73. The molecule has 2 N–H and O–H groups in total. The maximum absolute atomic E-state index is 8.71. The SMILES string of the molecule is Cc1c(C)c(CCCCCCO)[c-](C)c1C.Cc1c(C)c(CCCCCCO)[c-](C)c1C.[Fe+2]. The summed E-state index contributed by atoms with van der Waals surface area (Å²) >= 11 is 0. The van der Waals surface area contributed by atoms with Gasteiger partial charge in [-0.25, -0.2) is 0 Å². The molecule has 0 aliphatic carbocycles. The van der Waals surface area contributed by atoms with Gasteiger partial charge in [0.1, 0.15) is 0 Å². The van der Waals surface area contributed by atoms with Crippen LogP contribution in [-0.4, -0.2) is 23.4 Å². The number of aliphatic hydroxyl groups is 2. The van der Waals surface area contributed by atoms with E-state index in [0.29, 0.717) is 13.2 Å². The maximum Gasteiger partial charge on any atom is 2.00 e. The summed E-state index contributed by atoms with van der Waals surface area (Å²) < 4.78 is 0. The largest absolute Gasteiger partial charge is 2.00 e. The average Bonchev–Trinajstić information content (AvgIpc) is 3.08. The molecule has 0 radical (unpaired) electrons. The van der Waals surface area contributed by atoms with E-state index in [2.05, 4.69) is 55.4 Å². The fraction of sp³-hybridized carbons (Fsp3) is 0.667. The monoisotopic (exact) mass is 498 g/mol. The van der Waals surface area contributed by atoms with E-state index in [0.717, 1.165) is 25.7 Å². The number of unbranched alkanes of at least 4 members (excludes halogenated alkanes) is 6. The van der Waals surface area contributed by atoms with Crippen LogP contribution in [0.1, 0.15) is 107 Å². The average molecular weight is 499 g/mol. The van der Waals surface area contributed by atoms with Gasteiger partial charge in [0.05, 0.1) is 0 Å². The van der Waals surface area contributed by atoms with Gasteiger partial charge in [0, 0.05) is 13.2 Å². The molecular weight excluding hydrogens is 448 g/mol. The first-order valence-electron chi connectivity index (χ1n) is 12.8. The summed E-state index contributed by atoms with van der Waals surface area (Å²) in [6, 6.07) is 0. The molecule has 190 valence electrons. The molecule has 0 aliphatic heterocycles. The molecule has 0 atom stereocenters. The smallest absolute Gasteiger partial charge is 0.396 e.